The van der Waals surface area contributed by atoms with Crippen molar-refractivity contribution in [3.63, 3.8) is 0 Å². The first-order valence-corrected chi connectivity index (χ1v) is 12.3. The summed E-state index contributed by atoms with van der Waals surface area (Å²) in [7, 11) is 0. The molecule has 2 N–H and O–H groups in total. The first-order valence-electron chi connectivity index (χ1n) is 11.2. The van der Waals surface area contributed by atoms with Crippen LogP contribution in [-0.2, 0) is 30.5 Å². The van der Waals surface area contributed by atoms with E-state index < -0.39 is 41.5 Å². The number of hydrogen-bond donors (Lipinski definition) is 1. The molecule has 4 rings (SSSR count). The van der Waals surface area contributed by atoms with Gasteiger partial charge >= 0.3 is 6.18 Å². The van der Waals surface area contributed by atoms with Crippen molar-refractivity contribution in [2.24, 2.45) is 5.73 Å². The highest BCUT2D eigenvalue weighted by molar-refractivity contribution is 7.99. The molecular weight excluding hydrogens is 505 g/mol. The van der Waals surface area contributed by atoms with E-state index in [-0.39, 0.29) is 55.0 Å². The average molecular weight is 530 g/mol. The number of alkyl halides is 3. The molecule has 0 spiro atoms. The number of carbonyl (C=O) groups is 2. The van der Waals surface area contributed by atoms with Gasteiger partial charge in [-0.15, -0.1) is 11.8 Å². The molecule has 2 amide bonds. The minimum Gasteiger partial charge on any atom is -0.335 e. The summed E-state index contributed by atoms with van der Waals surface area (Å²) in [4.78, 5) is 32.2. The van der Waals surface area contributed by atoms with Gasteiger partial charge < -0.3 is 20.1 Å². The molecule has 1 aromatic heterocycles. The van der Waals surface area contributed by atoms with Crippen molar-refractivity contribution in [3.05, 3.63) is 58.7 Å². The minimum atomic E-state index is -4.76. The number of hydrogen-bond acceptors (Lipinski definition) is 5. The summed E-state index contributed by atoms with van der Waals surface area (Å²) in [6.45, 7) is 3.43. The predicted octanol–water partition coefficient (Wildman–Crippen LogP) is 3.27. The van der Waals surface area contributed by atoms with Crippen LogP contribution in [0, 0.1) is 11.6 Å². The van der Waals surface area contributed by atoms with Crippen LogP contribution in [-0.4, -0.2) is 61.9 Å². The molecule has 1 saturated heterocycles. The largest absolute Gasteiger partial charge is 0.449 e. The van der Waals surface area contributed by atoms with Crippen molar-refractivity contribution >= 4 is 29.7 Å². The monoisotopic (exact) mass is 529 g/mol. The van der Waals surface area contributed by atoms with Crippen LogP contribution in [0.4, 0.5) is 22.0 Å². The van der Waals surface area contributed by atoms with Crippen LogP contribution in [0.25, 0.3) is 6.08 Å². The Hall–Kier alpha value is -2.93. The number of benzene rings is 1. The lowest BCUT2D eigenvalue weighted by molar-refractivity contribution is -0.148. The van der Waals surface area contributed by atoms with Gasteiger partial charge in [0.15, 0.2) is 5.69 Å². The molecule has 2 aliphatic rings. The lowest BCUT2D eigenvalue weighted by Gasteiger charge is -2.30. The second-order valence-electron chi connectivity index (χ2n) is 8.64. The second-order valence-corrected chi connectivity index (χ2v) is 9.71. The standard InChI is InChI=1S/C23H24F5N5O2S/c1-2-13-7-14(17(25)10-16(13)24)8-15(29)9-19(34)31-3-4-33-18(11-31)20(30-22(33)23(26,27)28)21(35)32-5-6-36-12-32/h2,7,10,15H,1,3-6,8-9,11-12,29H2/t15-/m1/s1. The first kappa shape index (κ1) is 26.1. The summed E-state index contributed by atoms with van der Waals surface area (Å²) in [5.74, 6) is -2.75. The zero-order valence-electron chi connectivity index (χ0n) is 19.2. The molecule has 194 valence electrons. The molecule has 2 aromatic rings. The van der Waals surface area contributed by atoms with Crippen molar-refractivity contribution in [1.29, 1.82) is 0 Å². The predicted molar refractivity (Wildman–Crippen MR) is 124 cm³/mol. The molecule has 3 heterocycles. The Bertz CT molecular complexity index is 1190. The van der Waals surface area contributed by atoms with Crippen molar-refractivity contribution in [1.82, 2.24) is 19.4 Å². The SMILES string of the molecule is C=Cc1cc(C[C@@H](N)CC(=O)N2CCn3c(C(F)(F)F)nc(C(=O)N4CCSC4)c3C2)c(F)cc1F. The van der Waals surface area contributed by atoms with Crippen LogP contribution in [0.2, 0.25) is 0 Å². The summed E-state index contributed by atoms with van der Waals surface area (Å²) >= 11 is 1.49. The molecule has 1 fully saturated rings. The lowest BCUT2D eigenvalue weighted by Crippen LogP contribution is -2.42. The molecule has 1 atom stereocenters. The van der Waals surface area contributed by atoms with Gasteiger partial charge in [0.2, 0.25) is 11.7 Å². The third-order valence-electron chi connectivity index (χ3n) is 6.16. The Morgan fingerprint density at radius 2 is 1.92 bits per heavy atom. The number of nitrogens with zero attached hydrogens (tertiary/aromatic N) is 4. The van der Waals surface area contributed by atoms with Crippen LogP contribution >= 0.6 is 11.8 Å². The average Bonchev–Trinajstić information content (AvgIpc) is 3.48. The van der Waals surface area contributed by atoms with Gasteiger partial charge in [-0.2, -0.15) is 13.2 Å². The first-order chi connectivity index (χ1) is 17.0. The maximum absolute atomic E-state index is 14.2. The van der Waals surface area contributed by atoms with Gasteiger partial charge in [0.1, 0.15) is 11.6 Å². The van der Waals surface area contributed by atoms with Gasteiger partial charge in [-0.1, -0.05) is 12.7 Å². The van der Waals surface area contributed by atoms with E-state index in [1.807, 2.05) is 0 Å². The Labute approximate surface area is 208 Å². The molecule has 36 heavy (non-hydrogen) atoms. The highest BCUT2D eigenvalue weighted by atomic mass is 32.2. The minimum absolute atomic E-state index is 0.0256. The number of amides is 2. The van der Waals surface area contributed by atoms with Crippen molar-refractivity contribution in [3.8, 4) is 0 Å². The van der Waals surface area contributed by atoms with Gasteiger partial charge in [-0.3, -0.25) is 9.59 Å². The maximum atomic E-state index is 14.2. The van der Waals surface area contributed by atoms with Crippen molar-refractivity contribution < 1.29 is 31.5 Å². The van der Waals surface area contributed by atoms with Crippen LogP contribution in [0.1, 0.15) is 39.6 Å². The van der Waals surface area contributed by atoms with E-state index in [0.29, 0.717) is 18.2 Å². The normalized spacial score (nSPS) is 16.7. The molecule has 0 aliphatic carbocycles. The highest BCUT2D eigenvalue weighted by Crippen LogP contribution is 2.33. The number of carbonyl (C=O) groups excluding carboxylic acids is 2. The quantitative estimate of drug-likeness (QED) is 0.581. The van der Waals surface area contributed by atoms with E-state index in [0.717, 1.165) is 10.6 Å². The molecule has 0 bridgehead atoms. The third-order valence-corrected chi connectivity index (χ3v) is 7.13. The fourth-order valence-electron chi connectivity index (χ4n) is 4.33. The smallest absolute Gasteiger partial charge is 0.335 e. The van der Waals surface area contributed by atoms with E-state index in [9.17, 15) is 31.5 Å². The number of rotatable bonds is 6. The van der Waals surface area contributed by atoms with Crippen molar-refractivity contribution in [2.75, 3.05) is 24.7 Å². The molecule has 0 unspecified atom stereocenters. The highest BCUT2D eigenvalue weighted by Gasteiger charge is 2.42. The molecular formula is C23H24F5N5O2S. The summed E-state index contributed by atoms with van der Waals surface area (Å²) in [5, 5.41) is 0. The molecule has 1 aromatic carbocycles. The molecule has 2 aliphatic heterocycles. The zero-order chi connectivity index (χ0) is 26.2. The van der Waals surface area contributed by atoms with Crippen LogP contribution in [0.5, 0.6) is 0 Å². The Morgan fingerprint density at radius 1 is 1.17 bits per heavy atom. The van der Waals surface area contributed by atoms with Crippen LogP contribution in [0.15, 0.2) is 18.7 Å². The fourth-order valence-corrected chi connectivity index (χ4v) is 5.27. The van der Waals surface area contributed by atoms with Crippen LogP contribution in [0.3, 0.4) is 0 Å². The summed E-state index contributed by atoms with van der Waals surface area (Å²) in [5.41, 5.74) is 6.00. The maximum Gasteiger partial charge on any atom is 0.449 e. The number of fused-ring (bicyclic) bond motifs is 1. The Kier molecular flexibility index (Phi) is 7.41. The zero-order valence-corrected chi connectivity index (χ0v) is 20.0. The number of nitrogens with two attached hydrogens (primary N) is 1. The Balaban J connectivity index is 1.51. The van der Waals surface area contributed by atoms with E-state index >= 15 is 0 Å². The molecule has 0 radical (unpaired) electrons. The van der Waals surface area contributed by atoms with Gasteiger partial charge in [0.25, 0.3) is 5.91 Å². The topological polar surface area (TPSA) is 84.5 Å². The third kappa shape index (κ3) is 5.26. The van der Waals surface area contributed by atoms with E-state index in [1.165, 1.54) is 33.7 Å². The van der Waals surface area contributed by atoms with E-state index in [4.69, 9.17) is 5.73 Å². The van der Waals surface area contributed by atoms with Gasteiger partial charge in [-0.25, -0.2) is 13.8 Å². The lowest BCUT2D eigenvalue weighted by atomic mass is 10.00. The number of imidazole rings is 1. The summed E-state index contributed by atoms with van der Waals surface area (Å²) in [6, 6.07) is 1.17. The van der Waals surface area contributed by atoms with E-state index in [1.54, 1.807) is 0 Å². The van der Waals surface area contributed by atoms with Gasteiger partial charge in [0, 0.05) is 49.5 Å². The summed E-state index contributed by atoms with van der Waals surface area (Å²) in [6.07, 6.45) is -3.79. The molecule has 13 heteroatoms. The number of halogens is 5. The van der Waals surface area contributed by atoms with Gasteiger partial charge in [0.05, 0.1) is 18.1 Å². The van der Waals surface area contributed by atoms with E-state index in [2.05, 4.69) is 11.6 Å². The summed E-state index contributed by atoms with van der Waals surface area (Å²) < 4.78 is 69.6. The van der Waals surface area contributed by atoms with Crippen LogP contribution < -0.4 is 5.73 Å². The number of thioether (sulfide) groups is 1. The second kappa shape index (κ2) is 10.2. The molecule has 0 saturated carbocycles. The number of aromatic nitrogens is 2. The Morgan fingerprint density at radius 3 is 2.56 bits per heavy atom. The fraction of sp³-hybridized carbons (Fsp3) is 0.435. The van der Waals surface area contributed by atoms with Crippen molar-refractivity contribution in [2.45, 2.75) is 38.1 Å². The van der Waals surface area contributed by atoms with Gasteiger partial charge in [-0.05, 0) is 18.1 Å². The molecule has 7 nitrogen and oxygen atoms in total.